The summed E-state index contributed by atoms with van der Waals surface area (Å²) in [7, 11) is 1.49. The van der Waals surface area contributed by atoms with E-state index in [0.717, 1.165) is 0 Å². The Labute approximate surface area is 105 Å². The molecule has 2 N–H and O–H groups in total. The third kappa shape index (κ3) is 4.84. The van der Waals surface area contributed by atoms with Crippen molar-refractivity contribution in [2.24, 2.45) is 0 Å². The SMILES string of the molecule is COCCNC(=O)CNc1nc(C(F)(F)F)ns1. The number of aromatic nitrogens is 2. The molecule has 0 radical (unpaired) electrons. The minimum Gasteiger partial charge on any atom is -0.383 e. The van der Waals surface area contributed by atoms with Gasteiger partial charge in [0.05, 0.1) is 13.2 Å². The van der Waals surface area contributed by atoms with E-state index >= 15 is 0 Å². The predicted molar refractivity (Wildman–Crippen MR) is 58.3 cm³/mol. The number of carbonyl (C=O) groups excluding carboxylic acids is 1. The molecule has 0 atom stereocenters. The largest absolute Gasteiger partial charge is 0.452 e. The lowest BCUT2D eigenvalue weighted by Crippen LogP contribution is -2.32. The van der Waals surface area contributed by atoms with Crippen LogP contribution in [-0.4, -0.2) is 42.1 Å². The lowest BCUT2D eigenvalue weighted by molar-refractivity contribution is -0.144. The van der Waals surface area contributed by atoms with Gasteiger partial charge in [0, 0.05) is 25.2 Å². The second kappa shape index (κ2) is 6.50. The average Bonchev–Trinajstić information content (AvgIpc) is 2.75. The summed E-state index contributed by atoms with van der Waals surface area (Å²) in [5, 5.41) is 4.90. The van der Waals surface area contributed by atoms with Crippen LogP contribution in [0.4, 0.5) is 18.3 Å². The molecule has 1 heterocycles. The van der Waals surface area contributed by atoms with Crippen molar-refractivity contribution in [3.05, 3.63) is 5.82 Å². The molecule has 0 fully saturated rings. The average molecular weight is 284 g/mol. The summed E-state index contributed by atoms with van der Waals surface area (Å²) in [4.78, 5) is 14.4. The summed E-state index contributed by atoms with van der Waals surface area (Å²) < 4.78 is 44.3. The second-order valence-corrected chi connectivity index (χ2v) is 3.87. The molecule has 0 saturated heterocycles. The number of alkyl halides is 3. The Morgan fingerprint density at radius 2 is 2.22 bits per heavy atom. The van der Waals surface area contributed by atoms with Gasteiger partial charge in [-0.1, -0.05) is 0 Å². The summed E-state index contributed by atoms with van der Waals surface area (Å²) in [6, 6.07) is 0. The van der Waals surface area contributed by atoms with Gasteiger partial charge in [-0.15, -0.1) is 0 Å². The topological polar surface area (TPSA) is 76.1 Å². The van der Waals surface area contributed by atoms with Gasteiger partial charge in [0.1, 0.15) is 0 Å². The van der Waals surface area contributed by atoms with Crippen molar-refractivity contribution >= 4 is 22.6 Å². The maximum Gasteiger partial charge on any atom is 0.452 e. The third-order valence-electron chi connectivity index (χ3n) is 1.71. The van der Waals surface area contributed by atoms with Crippen LogP contribution in [0.5, 0.6) is 0 Å². The van der Waals surface area contributed by atoms with Crippen LogP contribution in [0.1, 0.15) is 5.82 Å². The van der Waals surface area contributed by atoms with Crippen molar-refractivity contribution in [2.75, 3.05) is 32.1 Å². The minimum absolute atomic E-state index is 0.0517. The molecule has 1 amide bonds. The number of hydrogen-bond acceptors (Lipinski definition) is 6. The molecular weight excluding hydrogens is 273 g/mol. The van der Waals surface area contributed by atoms with Crippen molar-refractivity contribution in [1.29, 1.82) is 0 Å². The number of hydrogen-bond donors (Lipinski definition) is 2. The Balaban J connectivity index is 2.35. The van der Waals surface area contributed by atoms with Crippen LogP contribution in [0, 0.1) is 0 Å². The molecule has 1 aromatic rings. The highest BCUT2D eigenvalue weighted by atomic mass is 32.1. The fraction of sp³-hybridized carbons (Fsp3) is 0.625. The van der Waals surface area contributed by atoms with E-state index in [4.69, 9.17) is 4.74 Å². The third-order valence-corrected chi connectivity index (χ3v) is 2.38. The first-order valence-electron chi connectivity index (χ1n) is 4.84. The number of nitrogens with zero attached hydrogens (tertiary/aromatic N) is 2. The molecule has 0 unspecified atom stereocenters. The van der Waals surface area contributed by atoms with Crippen LogP contribution in [0.2, 0.25) is 0 Å². The van der Waals surface area contributed by atoms with Gasteiger partial charge in [-0.25, -0.2) is 0 Å². The quantitative estimate of drug-likeness (QED) is 0.753. The maximum atomic E-state index is 12.2. The van der Waals surface area contributed by atoms with Crippen LogP contribution in [-0.2, 0) is 15.7 Å². The van der Waals surface area contributed by atoms with Crippen molar-refractivity contribution in [3.63, 3.8) is 0 Å². The fourth-order valence-corrected chi connectivity index (χ4v) is 1.50. The van der Waals surface area contributed by atoms with E-state index in [2.05, 4.69) is 20.0 Å². The first-order chi connectivity index (χ1) is 8.43. The normalized spacial score (nSPS) is 11.3. The Hall–Kier alpha value is -1.42. The highest BCUT2D eigenvalue weighted by Crippen LogP contribution is 2.28. The lowest BCUT2D eigenvalue weighted by Gasteiger charge is -2.04. The van der Waals surface area contributed by atoms with Gasteiger partial charge < -0.3 is 15.4 Å². The Kier molecular flexibility index (Phi) is 5.28. The molecule has 0 bridgehead atoms. The summed E-state index contributed by atoms with van der Waals surface area (Å²) in [5.74, 6) is -1.58. The number of anilines is 1. The van der Waals surface area contributed by atoms with E-state index in [1.165, 1.54) is 7.11 Å². The molecule has 0 saturated carbocycles. The minimum atomic E-state index is -4.57. The zero-order valence-electron chi connectivity index (χ0n) is 9.37. The summed E-state index contributed by atoms with van der Waals surface area (Å²) in [6.07, 6.45) is -4.57. The van der Waals surface area contributed by atoms with Gasteiger partial charge in [-0.05, 0) is 0 Å². The van der Waals surface area contributed by atoms with E-state index in [9.17, 15) is 18.0 Å². The first kappa shape index (κ1) is 14.6. The molecule has 1 rings (SSSR count). The number of halogens is 3. The number of ether oxygens (including phenoxy) is 1. The highest BCUT2D eigenvalue weighted by Gasteiger charge is 2.36. The van der Waals surface area contributed by atoms with E-state index < -0.39 is 12.0 Å². The van der Waals surface area contributed by atoms with E-state index in [0.29, 0.717) is 24.7 Å². The first-order valence-corrected chi connectivity index (χ1v) is 5.61. The van der Waals surface area contributed by atoms with Gasteiger partial charge >= 0.3 is 6.18 Å². The molecule has 6 nitrogen and oxygen atoms in total. The summed E-state index contributed by atoms with van der Waals surface area (Å²) in [5.41, 5.74) is 0. The highest BCUT2D eigenvalue weighted by molar-refractivity contribution is 7.09. The molecule has 0 spiro atoms. The van der Waals surface area contributed by atoms with Crippen LogP contribution in [0.3, 0.4) is 0 Å². The van der Waals surface area contributed by atoms with Crippen molar-refractivity contribution in [1.82, 2.24) is 14.7 Å². The maximum absolute atomic E-state index is 12.2. The van der Waals surface area contributed by atoms with Gasteiger partial charge in [-0.3, -0.25) is 4.79 Å². The molecular formula is C8H11F3N4O2S. The smallest absolute Gasteiger partial charge is 0.383 e. The molecule has 0 aliphatic rings. The molecule has 0 aliphatic carbocycles. The monoisotopic (exact) mass is 284 g/mol. The molecule has 102 valence electrons. The van der Waals surface area contributed by atoms with Gasteiger partial charge in [0.2, 0.25) is 16.9 Å². The second-order valence-electron chi connectivity index (χ2n) is 3.12. The van der Waals surface area contributed by atoms with Crippen LogP contribution in [0.15, 0.2) is 0 Å². The molecule has 1 aromatic heterocycles. The van der Waals surface area contributed by atoms with E-state index in [1.807, 2.05) is 0 Å². The van der Waals surface area contributed by atoms with Crippen molar-refractivity contribution in [2.45, 2.75) is 6.18 Å². The zero-order chi connectivity index (χ0) is 13.6. The molecule has 0 aromatic carbocycles. The van der Waals surface area contributed by atoms with E-state index in [-0.39, 0.29) is 17.6 Å². The standard InChI is InChI=1S/C8H11F3N4O2S/c1-17-3-2-12-5(16)4-13-7-14-6(15-18-7)8(9,10)11/h2-4H2,1H3,(H,12,16)(H,13,14,15). The number of carbonyl (C=O) groups is 1. The zero-order valence-corrected chi connectivity index (χ0v) is 10.2. The fourth-order valence-electron chi connectivity index (χ4n) is 0.921. The number of nitrogens with one attached hydrogen (secondary N) is 2. The van der Waals surface area contributed by atoms with Gasteiger partial charge in [-0.2, -0.15) is 22.5 Å². The Morgan fingerprint density at radius 3 is 2.78 bits per heavy atom. The molecule has 0 aliphatic heterocycles. The Bertz CT molecular complexity index is 396. The van der Waals surface area contributed by atoms with Crippen molar-refractivity contribution in [3.8, 4) is 0 Å². The number of rotatable bonds is 6. The summed E-state index contributed by atoms with van der Waals surface area (Å²) in [6.45, 7) is 0.528. The molecule has 18 heavy (non-hydrogen) atoms. The summed E-state index contributed by atoms with van der Waals surface area (Å²) >= 11 is 0.550. The number of amides is 1. The predicted octanol–water partition coefficient (Wildman–Crippen LogP) is 0.731. The molecule has 10 heteroatoms. The van der Waals surface area contributed by atoms with Crippen LogP contribution in [0.25, 0.3) is 0 Å². The number of methoxy groups -OCH3 is 1. The van der Waals surface area contributed by atoms with Crippen LogP contribution >= 0.6 is 11.5 Å². The van der Waals surface area contributed by atoms with Gasteiger partial charge in [0.15, 0.2) is 0 Å². The Morgan fingerprint density at radius 1 is 1.50 bits per heavy atom. The van der Waals surface area contributed by atoms with Crippen molar-refractivity contribution < 1.29 is 22.7 Å². The van der Waals surface area contributed by atoms with Crippen LogP contribution < -0.4 is 10.6 Å². The van der Waals surface area contributed by atoms with E-state index in [1.54, 1.807) is 0 Å². The lowest BCUT2D eigenvalue weighted by atomic mass is 10.5. The van der Waals surface area contributed by atoms with Gasteiger partial charge in [0.25, 0.3) is 0 Å².